The van der Waals surface area contributed by atoms with Crippen LogP contribution in [0.4, 0.5) is 5.69 Å². The predicted octanol–water partition coefficient (Wildman–Crippen LogP) is 3.46. The van der Waals surface area contributed by atoms with Gasteiger partial charge in [-0.15, -0.1) is 0 Å². The quantitative estimate of drug-likeness (QED) is 0.875. The predicted molar refractivity (Wildman–Crippen MR) is 82.4 cm³/mol. The minimum absolute atomic E-state index is 0.449. The maximum atomic E-state index is 10.4. The highest BCUT2D eigenvalue weighted by Crippen LogP contribution is 2.26. The van der Waals surface area contributed by atoms with E-state index in [-0.39, 0.29) is 0 Å². The summed E-state index contributed by atoms with van der Waals surface area (Å²) in [5, 5.41) is 13.6. The third-order valence-electron chi connectivity index (χ3n) is 3.38. The largest absolute Gasteiger partial charge is 0.496 e. The number of aliphatic hydroxyl groups excluding tert-OH is 1. The highest BCUT2D eigenvalue weighted by molar-refractivity contribution is 5.50. The zero-order valence-corrected chi connectivity index (χ0v) is 12.2. The van der Waals surface area contributed by atoms with Crippen molar-refractivity contribution < 1.29 is 9.84 Å². The zero-order chi connectivity index (χ0) is 14.5. The van der Waals surface area contributed by atoms with Crippen molar-refractivity contribution in [1.29, 1.82) is 0 Å². The number of anilines is 1. The minimum atomic E-state index is -0.607. The van der Waals surface area contributed by atoms with E-state index in [1.807, 2.05) is 56.3 Å². The molecule has 1 atom stereocenters. The molecule has 3 nitrogen and oxygen atoms in total. The highest BCUT2D eigenvalue weighted by atomic mass is 16.5. The van der Waals surface area contributed by atoms with E-state index in [1.54, 1.807) is 7.11 Å². The number of hydrogen-bond acceptors (Lipinski definition) is 3. The van der Waals surface area contributed by atoms with E-state index in [2.05, 4.69) is 5.32 Å². The molecule has 0 fully saturated rings. The number of aryl methyl sites for hydroxylation is 2. The molecule has 3 heteroatoms. The summed E-state index contributed by atoms with van der Waals surface area (Å²) < 4.78 is 5.31. The fourth-order valence-corrected chi connectivity index (χ4v) is 2.20. The number of rotatable bonds is 5. The topological polar surface area (TPSA) is 41.5 Å². The summed E-state index contributed by atoms with van der Waals surface area (Å²) in [5.41, 5.74) is 4.12. The monoisotopic (exact) mass is 271 g/mol. The van der Waals surface area contributed by atoms with Crippen LogP contribution in [0.3, 0.4) is 0 Å². The van der Waals surface area contributed by atoms with Crippen LogP contribution < -0.4 is 10.1 Å². The summed E-state index contributed by atoms with van der Waals surface area (Å²) in [6, 6.07) is 13.9. The van der Waals surface area contributed by atoms with Crippen LogP contribution in [0.1, 0.15) is 22.8 Å². The standard InChI is InChI=1S/C17H21NO2/c1-12-8-9-17(20-3)14(10-12)16(19)11-18-15-7-5-4-6-13(15)2/h4-10,16,18-19H,11H2,1-3H3. The van der Waals surface area contributed by atoms with Crippen molar-refractivity contribution in [2.24, 2.45) is 0 Å². The molecule has 2 rings (SSSR count). The molecule has 0 bridgehead atoms. The van der Waals surface area contributed by atoms with E-state index < -0.39 is 6.10 Å². The molecule has 2 N–H and O–H groups in total. The van der Waals surface area contributed by atoms with E-state index in [9.17, 15) is 5.11 Å². The molecule has 0 amide bonds. The van der Waals surface area contributed by atoms with Crippen LogP contribution >= 0.6 is 0 Å². The average molecular weight is 271 g/mol. The van der Waals surface area contributed by atoms with Gasteiger partial charge in [0.25, 0.3) is 0 Å². The summed E-state index contributed by atoms with van der Waals surface area (Å²) in [7, 11) is 1.62. The van der Waals surface area contributed by atoms with Gasteiger partial charge < -0.3 is 15.2 Å². The molecule has 20 heavy (non-hydrogen) atoms. The van der Waals surface area contributed by atoms with Gasteiger partial charge in [-0.3, -0.25) is 0 Å². The van der Waals surface area contributed by atoms with Crippen molar-refractivity contribution >= 4 is 5.69 Å². The second-order valence-corrected chi connectivity index (χ2v) is 4.96. The molecule has 0 saturated carbocycles. The van der Waals surface area contributed by atoms with Crippen LogP contribution in [0.2, 0.25) is 0 Å². The molecule has 0 aliphatic rings. The van der Waals surface area contributed by atoms with Crippen molar-refractivity contribution in [3.63, 3.8) is 0 Å². The Kier molecular flexibility index (Phi) is 4.64. The number of nitrogens with one attached hydrogen (secondary N) is 1. The number of methoxy groups -OCH3 is 1. The maximum Gasteiger partial charge on any atom is 0.124 e. The summed E-state index contributed by atoms with van der Waals surface area (Å²) in [4.78, 5) is 0. The van der Waals surface area contributed by atoms with Crippen LogP contribution in [0.25, 0.3) is 0 Å². The first-order valence-electron chi connectivity index (χ1n) is 6.74. The first kappa shape index (κ1) is 14.4. The Morgan fingerprint density at radius 2 is 1.90 bits per heavy atom. The number of hydrogen-bond donors (Lipinski definition) is 2. The highest BCUT2D eigenvalue weighted by Gasteiger charge is 2.13. The van der Waals surface area contributed by atoms with Crippen molar-refractivity contribution in [3.8, 4) is 5.75 Å². The van der Waals surface area contributed by atoms with Crippen molar-refractivity contribution in [3.05, 3.63) is 59.2 Å². The second kappa shape index (κ2) is 6.44. The van der Waals surface area contributed by atoms with Gasteiger partial charge in [-0.2, -0.15) is 0 Å². The molecule has 0 heterocycles. The lowest BCUT2D eigenvalue weighted by atomic mass is 10.0. The van der Waals surface area contributed by atoms with Crippen LogP contribution in [0, 0.1) is 13.8 Å². The van der Waals surface area contributed by atoms with E-state index in [0.29, 0.717) is 6.54 Å². The number of benzene rings is 2. The molecular formula is C17H21NO2. The molecule has 0 aliphatic heterocycles. The van der Waals surface area contributed by atoms with Crippen LogP contribution in [-0.4, -0.2) is 18.8 Å². The van der Waals surface area contributed by atoms with E-state index >= 15 is 0 Å². The van der Waals surface area contributed by atoms with Gasteiger partial charge >= 0.3 is 0 Å². The number of para-hydroxylation sites is 1. The Hall–Kier alpha value is -2.00. The van der Waals surface area contributed by atoms with Gasteiger partial charge in [0, 0.05) is 17.8 Å². The van der Waals surface area contributed by atoms with E-state index in [1.165, 1.54) is 0 Å². The van der Waals surface area contributed by atoms with Gasteiger partial charge in [0.05, 0.1) is 13.2 Å². The molecular weight excluding hydrogens is 250 g/mol. The first-order chi connectivity index (χ1) is 9.61. The Morgan fingerprint density at radius 3 is 2.60 bits per heavy atom. The maximum absolute atomic E-state index is 10.4. The van der Waals surface area contributed by atoms with Gasteiger partial charge in [-0.05, 0) is 37.6 Å². The van der Waals surface area contributed by atoms with Gasteiger partial charge in [0.15, 0.2) is 0 Å². The van der Waals surface area contributed by atoms with Gasteiger partial charge in [-0.25, -0.2) is 0 Å². The summed E-state index contributed by atoms with van der Waals surface area (Å²) >= 11 is 0. The molecule has 0 saturated heterocycles. The minimum Gasteiger partial charge on any atom is -0.496 e. The molecule has 0 spiro atoms. The van der Waals surface area contributed by atoms with Gasteiger partial charge in [-0.1, -0.05) is 29.8 Å². The van der Waals surface area contributed by atoms with Crippen molar-refractivity contribution in [2.45, 2.75) is 20.0 Å². The molecule has 1 unspecified atom stereocenters. The molecule has 106 valence electrons. The summed E-state index contributed by atoms with van der Waals surface area (Å²) in [5.74, 6) is 0.717. The van der Waals surface area contributed by atoms with E-state index in [0.717, 1.165) is 28.1 Å². The van der Waals surface area contributed by atoms with E-state index in [4.69, 9.17) is 4.74 Å². The van der Waals surface area contributed by atoms with Crippen LogP contribution in [0.15, 0.2) is 42.5 Å². The van der Waals surface area contributed by atoms with Crippen LogP contribution in [0.5, 0.6) is 5.75 Å². The smallest absolute Gasteiger partial charge is 0.124 e. The summed E-state index contributed by atoms with van der Waals surface area (Å²) in [6.07, 6.45) is -0.607. The molecule has 2 aromatic carbocycles. The molecule has 0 aromatic heterocycles. The number of aliphatic hydroxyl groups is 1. The lowest BCUT2D eigenvalue weighted by molar-refractivity contribution is 0.187. The lowest BCUT2D eigenvalue weighted by Gasteiger charge is -2.17. The molecule has 0 radical (unpaired) electrons. The third-order valence-corrected chi connectivity index (χ3v) is 3.38. The number of ether oxygens (including phenoxy) is 1. The molecule has 0 aliphatic carbocycles. The van der Waals surface area contributed by atoms with Gasteiger partial charge in [0.1, 0.15) is 5.75 Å². The Bertz CT molecular complexity index is 581. The Balaban J connectivity index is 2.11. The molecule has 2 aromatic rings. The van der Waals surface area contributed by atoms with Crippen molar-refractivity contribution in [1.82, 2.24) is 0 Å². The average Bonchev–Trinajstić information content (AvgIpc) is 2.46. The SMILES string of the molecule is COc1ccc(C)cc1C(O)CNc1ccccc1C. The van der Waals surface area contributed by atoms with Crippen LogP contribution in [-0.2, 0) is 0 Å². The zero-order valence-electron chi connectivity index (χ0n) is 12.2. The van der Waals surface area contributed by atoms with Gasteiger partial charge in [0.2, 0.25) is 0 Å². The summed E-state index contributed by atoms with van der Waals surface area (Å²) in [6.45, 7) is 4.50. The Morgan fingerprint density at radius 1 is 1.15 bits per heavy atom. The second-order valence-electron chi connectivity index (χ2n) is 4.96. The fraction of sp³-hybridized carbons (Fsp3) is 0.294. The first-order valence-corrected chi connectivity index (χ1v) is 6.74. The van der Waals surface area contributed by atoms with Crippen molar-refractivity contribution in [2.75, 3.05) is 19.0 Å². The fourth-order valence-electron chi connectivity index (χ4n) is 2.20. The Labute approximate surface area is 120 Å². The third kappa shape index (κ3) is 3.31. The normalized spacial score (nSPS) is 12.0. The lowest BCUT2D eigenvalue weighted by Crippen LogP contribution is -2.13.